The Kier molecular flexibility index (Phi) is 11.2. The maximum absolute atomic E-state index is 13.8. The Hall–Kier alpha value is -2.93. The number of benzene rings is 2. The summed E-state index contributed by atoms with van der Waals surface area (Å²) in [5.74, 6) is -1.82. The number of nitrogens with zero attached hydrogens (tertiary/aromatic N) is 1. The summed E-state index contributed by atoms with van der Waals surface area (Å²) in [5, 5.41) is 3.13. The molecule has 0 aromatic heterocycles. The fourth-order valence-corrected chi connectivity index (χ4v) is 6.63. The Morgan fingerprint density at radius 2 is 1.78 bits per heavy atom. The average molecular weight is 584 g/mol. The van der Waals surface area contributed by atoms with Gasteiger partial charge < -0.3 is 16.0 Å². The van der Waals surface area contributed by atoms with E-state index in [-0.39, 0.29) is 16.8 Å². The number of rotatable bonds is 12. The standard InChI is InChI=1S/C33H43ClFN3O3/c1-2-3-13-26(31(36)39)27(19-22-9-4-5-10-22)32(40)37-30-14-6-7-17-38(33(30)41)21-23-11-8-12-24(18-23)25-15-16-29(35)28(34)20-25/h8,11-12,15-16,18,20,22,26-27,30H,2-7,9-10,13-14,17,19,21H2,1H3,(H2,36,39)(H,37,40)/t26?,27?,30-/m0/s1. The van der Waals surface area contributed by atoms with Crippen molar-refractivity contribution in [2.75, 3.05) is 6.54 Å². The van der Waals surface area contributed by atoms with Crippen LogP contribution in [0.2, 0.25) is 5.02 Å². The first kappa shape index (κ1) is 31.0. The molecule has 3 amide bonds. The molecule has 1 heterocycles. The number of primary amides is 1. The van der Waals surface area contributed by atoms with Gasteiger partial charge in [-0.25, -0.2) is 4.39 Å². The zero-order valence-electron chi connectivity index (χ0n) is 24.0. The predicted molar refractivity (Wildman–Crippen MR) is 160 cm³/mol. The first-order valence-corrected chi connectivity index (χ1v) is 15.6. The van der Waals surface area contributed by atoms with Crippen LogP contribution < -0.4 is 11.1 Å². The molecule has 2 aliphatic rings. The zero-order valence-corrected chi connectivity index (χ0v) is 24.8. The summed E-state index contributed by atoms with van der Waals surface area (Å²) < 4.78 is 13.7. The smallest absolute Gasteiger partial charge is 0.245 e. The number of unbranched alkanes of at least 4 members (excludes halogenated alkanes) is 1. The van der Waals surface area contributed by atoms with Crippen LogP contribution in [0.15, 0.2) is 42.5 Å². The molecule has 2 aromatic carbocycles. The van der Waals surface area contributed by atoms with Crippen LogP contribution in [-0.4, -0.2) is 35.2 Å². The van der Waals surface area contributed by atoms with Crippen LogP contribution in [0, 0.1) is 23.6 Å². The molecule has 6 nitrogen and oxygen atoms in total. The third-order valence-electron chi connectivity index (χ3n) is 8.77. The van der Waals surface area contributed by atoms with E-state index in [0.29, 0.717) is 38.3 Å². The summed E-state index contributed by atoms with van der Waals surface area (Å²) in [6.45, 7) is 3.07. The lowest BCUT2D eigenvalue weighted by Crippen LogP contribution is -2.50. The summed E-state index contributed by atoms with van der Waals surface area (Å²) in [6, 6.07) is 11.8. The van der Waals surface area contributed by atoms with E-state index in [0.717, 1.165) is 68.1 Å². The number of hydrogen-bond acceptors (Lipinski definition) is 3. The summed E-state index contributed by atoms with van der Waals surface area (Å²) in [4.78, 5) is 41.8. The lowest BCUT2D eigenvalue weighted by molar-refractivity contribution is -0.139. The van der Waals surface area contributed by atoms with Crippen molar-refractivity contribution in [2.24, 2.45) is 23.5 Å². The van der Waals surface area contributed by atoms with Crippen LogP contribution in [0.1, 0.15) is 83.1 Å². The van der Waals surface area contributed by atoms with E-state index in [1.165, 1.54) is 6.07 Å². The van der Waals surface area contributed by atoms with Gasteiger partial charge in [-0.3, -0.25) is 14.4 Å². The van der Waals surface area contributed by atoms with Crippen molar-refractivity contribution in [1.82, 2.24) is 10.2 Å². The summed E-state index contributed by atoms with van der Waals surface area (Å²) >= 11 is 6.00. The molecular formula is C33H43ClFN3O3. The highest BCUT2D eigenvalue weighted by Crippen LogP contribution is 2.35. The molecule has 0 bridgehead atoms. The largest absolute Gasteiger partial charge is 0.369 e. The molecule has 2 aromatic rings. The molecule has 0 spiro atoms. The van der Waals surface area contributed by atoms with Crippen LogP contribution in [0.25, 0.3) is 11.1 Å². The van der Waals surface area contributed by atoms with E-state index >= 15 is 0 Å². The van der Waals surface area contributed by atoms with Gasteiger partial charge in [0.15, 0.2) is 0 Å². The second kappa shape index (κ2) is 14.8. The Morgan fingerprint density at radius 1 is 1.05 bits per heavy atom. The van der Waals surface area contributed by atoms with Crippen molar-refractivity contribution in [2.45, 2.75) is 90.1 Å². The number of halogens is 2. The molecular weight excluding hydrogens is 541 g/mol. The van der Waals surface area contributed by atoms with Crippen molar-refractivity contribution in [3.8, 4) is 11.1 Å². The van der Waals surface area contributed by atoms with Gasteiger partial charge in [0, 0.05) is 24.9 Å². The van der Waals surface area contributed by atoms with Crippen LogP contribution >= 0.6 is 11.6 Å². The number of nitrogens with one attached hydrogen (secondary N) is 1. The first-order chi connectivity index (χ1) is 19.8. The maximum Gasteiger partial charge on any atom is 0.245 e. The third kappa shape index (κ3) is 8.31. The van der Waals surface area contributed by atoms with Crippen LogP contribution in [0.4, 0.5) is 4.39 Å². The number of carbonyl (C=O) groups is 3. The van der Waals surface area contributed by atoms with Crippen LogP contribution in [-0.2, 0) is 20.9 Å². The Morgan fingerprint density at radius 3 is 2.49 bits per heavy atom. The number of hydrogen-bond donors (Lipinski definition) is 2. The van der Waals surface area contributed by atoms with Gasteiger partial charge in [0.2, 0.25) is 17.7 Å². The second-order valence-electron chi connectivity index (χ2n) is 11.8. The van der Waals surface area contributed by atoms with E-state index < -0.39 is 29.6 Å². The molecule has 3 N–H and O–H groups in total. The van der Waals surface area contributed by atoms with Crippen molar-refractivity contribution < 1.29 is 18.8 Å². The average Bonchev–Trinajstić information content (AvgIpc) is 3.42. The van der Waals surface area contributed by atoms with Gasteiger partial charge in [-0.05, 0) is 72.9 Å². The molecule has 1 aliphatic carbocycles. The van der Waals surface area contributed by atoms with E-state index in [9.17, 15) is 18.8 Å². The quantitative estimate of drug-likeness (QED) is 0.294. The number of likely N-dealkylation sites (tertiary alicyclic amines) is 1. The molecule has 3 atom stereocenters. The Bertz CT molecular complexity index is 1220. The van der Waals surface area contributed by atoms with Gasteiger partial charge in [0.25, 0.3) is 0 Å². The summed E-state index contributed by atoms with van der Waals surface area (Å²) in [5.41, 5.74) is 8.46. The Labute approximate surface area is 248 Å². The minimum Gasteiger partial charge on any atom is -0.369 e. The van der Waals surface area contributed by atoms with Gasteiger partial charge in [-0.1, -0.05) is 81.3 Å². The number of nitrogens with two attached hydrogens (primary N) is 1. The normalized spacial score (nSPS) is 19.5. The highest BCUT2D eigenvalue weighted by molar-refractivity contribution is 6.31. The first-order valence-electron chi connectivity index (χ1n) is 15.2. The number of amides is 3. The predicted octanol–water partition coefficient (Wildman–Crippen LogP) is 6.63. The molecule has 0 radical (unpaired) electrons. The highest BCUT2D eigenvalue weighted by Gasteiger charge is 2.37. The van der Waals surface area contributed by atoms with Crippen molar-refractivity contribution in [3.05, 3.63) is 58.9 Å². The summed E-state index contributed by atoms with van der Waals surface area (Å²) in [6.07, 6.45) is 9.69. The molecule has 222 valence electrons. The zero-order chi connectivity index (χ0) is 29.4. The van der Waals surface area contributed by atoms with Crippen LogP contribution in [0.3, 0.4) is 0 Å². The molecule has 2 unspecified atom stereocenters. The molecule has 1 aliphatic heterocycles. The van der Waals surface area contributed by atoms with E-state index in [1.807, 2.05) is 29.2 Å². The van der Waals surface area contributed by atoms with E-state index in [2.05, 4.69) is 12.2 Å². The van der Waals surface area contributed by atoms with Crippen molar-refractivity contribution in [3.63, 3.8) is 0 Å². The monoisotopic (exact) mass is 583 g/mol. The fraction of sp³-hybridized carbons (Fsp3) is 0.545. The second-order valence-corrected chi connectivity index (χ2v) is 12.2. The van der Waals surface area contributed by atoms with Gasteiger partial charge in [-0.15, -0.1) is 0 Å². The fourth-order valence-electron chi connectivity index (χ4n) is 6.45. The topological polar surface area (TPSA) is 92.5 Å². The summed E-state index contributed by atoms with van der Waals surface area (Å²) in [7, 11) is 0. The van der Waals surface area contributed by atoms with E-state index in [1.54, 1.807) is 12.1 Å². The van der Waals surface area contributed by atoms with Crippen molar-refractivity contribution in [1.29, 1.82) is 0 Å². The SMILES string of the molecule is CCCCC(C(N)=O)C(CC1CCCC1)C(=O)N[C@H]1CCCCN(Cc2cccc(-c3ccc(F)c(Cl)c3)c2)C1=O. The molecule has 4 rings (SSSR count). The third-order valence-corrected chi connectivity index (χ3v) is 9.06. The number of carbonyl (C=O) groups excluding carboxylic acids is 3. The molecule has 1 saturated heterocycles. The molecule has 2 fully saturated rings. The van der Waals surface area contributed by atoms with Gasteiger partial charge in [0.1, 0.15) is 11.9 Å². The van der Waals surface area contributed by atoms with Gasteiger partial charge in [-0.2, -0.15) is 0 Å². The van der Waals surface area contributed by atoms with Gasteiger partial charge in [0.05, 0.1) is 5.02 Å². The Balaban J connectivity index is 1.48. The highest BCUT2D eigenvalue weighted by atomic mass is 35.5. The maximum atomic E-state index is 13.8. The van der Waals surface area contributed by atoms with Crippen LogP contribution in [0.5, 0.6) is 0 Å². The van der Waals surface area contributed by atoms with E-state index in [4.69, 9.17) is 17.3 Å². The minimum atomic E-state index is -0.630. The van der Waals surface area contributed by atoms with Crippen molar-refractivity contribution >= 4 is 29.3 Å². The molecule has 1 saturated carbocycles. The molecule has 8 heteroatoms. The lowest BCUT2D eigenvalue weighted by atomic mass is 9.80. The minimum absolute atomic E-state index is 0.0636. The van der Waals surface area contributed by atoms with Gasteiger partial charge >= 0.3 is 0 Å². The molecule has 41 heavy (non-hydrogen) atoms. The lowest BCUT2D eigenvalue weighted by Gasteiger charge is -2.30.